The van der Waals surface area contributed by atoms with Gasteiger partial charge in [-0.1, -0.05) is 23.3 Å². The van der Waals surface area contributed by atoms with E-state index in [4.69, 9.17) is 5.26 Å². The average molecular weight is 273 g/mol. The first-order valence-electron chi connectivity index (χ1n) is 6.64. The SMILES string of the molecule is CC(C)=CCC/C(C)=C/Cc1cc(C#N)cc(F)c1O. The largest absolute Gasteiger partial charge is 0.505 e. The maximum absolute atomic E-state index is 13.4. The number of aromatic hydroxyl groups is 1. The van der Waals surface area contributed by atoms with Crippen molar-refractivity contribution >= 4 is 0 Å². The first kappa shape index (κ1) is 16.0. The number of benzene rings is 1. The van der Waals surface area contributed by atoms with E-state index >= 15 is 0 Å². The zero-order chi connectivity index (χ0) is 15.1. The van der Waals surface area contributed by atoms with Crippen molar-refractivity contribution in [2.75, 3.05) is 0 Å². The molecule has 0 spiro atoms. The van der Waals surface area contributed by atoms with Gasteiger partial charge in [0.25, 0.3) is 0 Å². The molecule has 0 aromatic heterocycles. The highest BCUT2D eigenvalue weighted by Crippen LogP contribution is 2.24. The van der Waals surface area contributed by atoms with Crippen LogP contribution in [0.1, 0.15) is 44.7 Å². The van der Waals surface area contributed by atoms with Crippen LogP contribution in [0.5, 0.6) is 5.75 Å². The van der Waals surface area contributed by atoms with Crippen LogP contribution < -0.4 is 0 Å². The third-order valence-corrected chi connectivity index (χ3v) is 3.03. The molecular formula is C17H20FNO. The zero-order valence-electron chi connectivity index (χ0n) is 12.2. The molecule has 2 nitrogen and oxygen atoms in total. The van der Waals surface area contributed by atoms with Crippen LogP contribution in [0.4, 0.5) is 4.39 Å². The number of hydrogen-bond donors (Lipinski definition) is 1. The van der Waals surface area contributed by atoms with E-state index in [0.717, 1.165) is 18.9 Å². The van der Waals surface area contributed by atoms with Gasteiger partial charge in [0.1, 0.15) is 0 Å². The molecule has 0 radical (unpaired) electrons. The lowest BCUT2D eigenvalue weighted by Crippen LogP contribution is -1.90. The van der Waals surface area contributed by atoms with Gasteiger partial charge in [0, 0.05) is 5.56 Å². The van der Waals surface area contributed by atoms with Gasteiger partial charge >= 0.3 is 0 Å². The fraction of sp³-hybridized carbons (Fsp3) is 0.353. The minimum absolute atomic E-state index is 0.228. The van der Waals surface area contributed by atoms with E-state index in [1.165, 1.54) is 17.2 Å². The number of halogens is 1. The van der Waals surface area contributed by atoms with Crippen molar-refractivity contribution in [3.05, 3.63) is 52.4 Å². The van der Waals surface area contributed by atoms with E-state index in [-0.39, 0.29) is 11.3 Å². The topological polar surface area (TPSA) is 44.0 Å². The molecule has 0 saturated heterocycles. The Morgan fingerprint density at radius 2 is 2.00 bits per heavy atom. The minimum Gasteiger partial charge on any atom is -0.505 e. The van der Waals surface area contributed by atoms with Crippen LogP contribution in [0.3, 0.4) is 0 Å². The van der Waals surface area contributed by atoms with Crippen LogP contribution in [-0.4, -0.2) is 5.11 Å². The first-order chi connectivity index (χ1) is 9.43. The molecule has 0 heterocycles. The highest BCUT2D eigenvalue weighted by Gasteiger charge is 2.08. The fourth-order valence-corrected chi connectivity index (χ4v) is 1.85. The smallest absolute Gasteiger partial charge is 0.166 e. The molecule has 1 aromatic carbocycles. The van der Waals surface area contributed by atoms with Gasteiger partial charge in [0.2, 0.25) is 0 Å². The van der Waals surface area contributed by atoms with Gasteiger partial charge in [-0.15, -0.1) is 0 Å². The molecular weight excluding hydrogens is 253 g/mol. The molecule has 1 rings (SSSR count). The number of rotatable bonds is 5. The summed E-state index contributed by atoms with van der Waals surface area (Å²) in [5, 5.41) is 18.5. The Morgan fingerprint density at radius 3 is 2.60 bits per heavy atom. The van der Waals surface area contributed by atoms with E-state index in [1.807, 2.05) is 19.1 Å². The van der Waals surface area contributed by atoms with Crippen molar-refractivity contribution < 1.29 is 9.50 Å². The standard InChI is InChI=1S/C17H20FNO/c1-12(2)5-4-6-13(3)7-8-15-9-14(11-19)10-16(18)17(15)20/h5,7,9-10,20H,4,6,8H2,1-3H3/b13-7+. The molecule has 0 unspecified atom stereocenters. The van der Waals surface area contributed by atoms with Crippen molar-refractivity contribution in [3.8, 4) is 11.8 Å². The van der Waals surface area contributed by atoms with Crippen LogP contribution in [0.2, 0.25) is 0 Å². The van der Waals surface area contributed by atoms with Crippen LogP contribution in [0.25, 0.3) is 0 Å². The lowest BCUT2D eigenvalue weighted by Gasteiger charge is -2.05. The molecule has 0 amide bonds. The van der Waals surface area contributed by atoms with Crippen LogP contribution in [0, 0.1) is 17.1 Å². The molecule has 0 aliphatic carbocycles. The summed E-state index contributed by atoms with van der Waals surface area (Å²) in [6.45, 7) is 6.14. The van der Waals surface area contributed by atoms with E-state index < -0.39 is 5.82 Å². The zero-order valence-corrected chi connectivity index (χ0v) is 12.2. The predicted molar refractivity (Wildman–Crippen MR) is 78.9 cm³/mol. The van der Waals surface area contributed by atoms with Gasteiger partial charge in [0.15, 0.2) is 11.6 Å². The van der Waals surface area contributed by atoms with Crippen molar-refractivity contribution in [1.82, 2.24) is 0 Å². The third-order valence-electron chi connectivity index (χ3n) is 3.03. The molecule has 0 fully saturated rings. The number of nitriles is 1. The highest BCUT2D eigenvalue weighted by molar-refractivity contribution is 5.43. The van der Waals surface area contributed by atoms with E-state index in [1.54, 1.807) is 0 Å². The van der Waals surface area contributed by atoms with Gasteiger partial charge in [-0.2, -0.15) is 5.26 Å². The molecule has 0 atom stereocenters. The highest BCUT2D eigenvalue weighted by atomic mass is 19.1. The van der Waals surface area contributed by atoms with Gasteiger partial charge < -0.3 is 5.11 Å². The van der Waals surface area contributed by atoms with Gasteiger partial charge in [-0.25, -0.2) is 4.39 Å². The minimum atomic E-state index is -0.741. The Hall–Kier alpha value is -2.08. The molecule has 3 heteroatoms. The van der Waals surface area contributed by atoms with Gasteiger partial charge in [0.05, 0.1) is 11.6 Å². The number of phenols is 1. The second kappa shape index (κ2) is 7.49. The van der Waals surface area contributed by atoms with Crippen molar-refractivity contribution in [2.45, 2.75) is 40.0 Å². The van der Waals surface area contributed by atoms with Crippen LogP contribution in [-0.2, 0) is 6.42 Å². The Morgan fingerprint density at radius 1 is 1.30 bits per heavy atom. The molecule has 106 valence electrons. The summed E-state index contributed by atoms with van der Waals surface area (Å²) < 4.78 is 13.4. The monoisotopic (exact) mass is 273 g/mol. The lowest BCUT2D eigenvalue weighted by molar-refractivity contribution is 0.427. The number of hydrogen-bond acceptors (Lipinski definition) is 2. The lowest BCUT2D eigenvalue weighted by atomic mass is 10.0. The summed E-state index contributed by atoms with van der Waals surface area (Å²) in [6, 6.07) is 4.46. The summed E-state index contributed by atoms with van der Waals surface area (Å²) in [7, 11) is 0. The molecule has 0 aliphatic rings. The fourth-order valence-electron chi connectivity index (χ4n) is 1.85. The maximum Gasteiger partial charge on any atom is 0.166 e. The average Bonchev–Trinajstić information content (AvgIpc) is 2.39. The number of nitrogens with zero attached hydrogens (tertiary/aromatic N) is 1. The normalized spacial score (nSPS) is 11.1. The molecule has 1 aromatic rings. The molecule has 0 aliphatic heterocycles. The van der Waals surface area contributed by atoms with Crippen molar-refractivity contribution in [1.29, 1.82) is 5.26 Å². The van der Waals surface area contributed by atoms with Crippen molar-refractivity contribution in [2.24, 2.45) is 0 Å². The second-order valence-corrected chi connectivity index (χ2v) is 5.15. The van der Waals surface area contributed by atoms with Crippen LogP contribution >= 0.6 is 0 Å². The van der Waals surface area contributed by atoms with Crippen molar-refractivity contribution in [3.63, 3.8) is 0 Å². The van der Waals surface area contributed by atoms with Gasteiger partial charge in [-0.3, -0.25) is 0 Å². The Balaban J connectivity index is 2.76. The number of phenolic OH excluding ortho intramolecular Hbond substituents is 1. The molecule has 20 heavy (non-hydrogen) atoms. The third kappa shape index (κ3) is 4.89. The molecule has 0 bridgehead atoms. The summed E-state index contributed by atoms with van der Waals surface area (Å²) in [6.07, 6.45) is 6.48. The van der Waals surface area contributed by atoms with E-state index in [2.05, 4.69) is 19.9 Å². The first-order valence-corrected chi connectivity index (χ1v) is 6.64. The van der Waals surface area contributed by atoms with Crippen LogP contribution in [0.15, 0.2) is 35.4 Å². The summed E-state index contributed by atoms with van der Waals surface area (Å²) in [5.41, 5.74) is 3.15. The maximum atomic E-state index is 13.4. The van der Waals surface area contributed by atoms with Gasteiger partial charge in [-0.05, 0) is 52.2 Å². The summed E-state index contributed by atoms with van der Waals surface area (Å²) >= 11 is 0. The molecule has 0 saturated carbocycles. The Bertz CT molecular complexity index is 575. The van der Waals surface area contributed by atoms with E-state index in [0.29, 0.717) is 12.0 Å². The second-order valence-electron chi connectivity index (χ2n) is 5.15. The quantitative estimate of drug-likeness (QED) is 0.794. The summed E-state index contributed by atoms with van der Waals surface area (Å²) in [5.74, 6) is -1.10. The predicted octanol–water partition coefficient (Wildman–Crippen LogP) is 4.64. The Labute approximate surface area is 119 Å². The molecule has 1 N–H and O–H groups in total. The Kier molecular flexibility index (Phi) is 5.99. The summed E-state index contributed by atoms with van der Waals surface area (Å²) in [4.78, 5) is 0. The number of allylic oxidation sites excluding steroid dienone is 4. The van der Waals surface area contributed by atoms with E-state index in [9.17, 15) is 9.50 Å².